The number of benzene rings is 1. The first kappa shape index (κ1) is 23.1. The summed E-state index contributed by atoms with van der Waals surface area (Å²) in [5.41, 5.74) is 4.28. The van der Waals surface area contributed by atoms with Crippen molar-refractivity contribution in [3.63, 3.8) is 0 Å². The van der Waals surface area contributed by atoms with Crippen LogP contribution in [-0.2, 0) is 11.3 Å². The first-order valence-electron chi connectivity index (χ1n) is 12.7. The molecule has 1 saturated carbocycles. The van der Waals surface area contributed by atoms with Crippen molar-refractivity contribution < 1.29 is 14.3 Å². The van der Waals surface area contributed by atoms with Crippen LogP contribution < -0.4 is 5.32 Å². The molecule has 1 aliphatic carbocycles. The summed E-state index contributed by atoms with van der Waals surface area (Å²) in [5.74, 6) is 0.985. The van der Waals surface area contributed by atoms with Gasteiger partial charge in [0.05, 0.1) is 11.8 Å². The normalized spacial score (nSPS) is 16.1. The molecular formula is C28H28N6O3. The van der Waals surface area contributed by atoms with Gasteiger partial charge in [0.1, 0.15) is 12.4 Å². The maximum atomic E-state index is 12.9. The van der Waals surface area contributed by atoms with Crippen LogP contribution in [0.2, 0.25) is 0 Å². The Hall–Kier alpha value is -4.27. The van der Waals surface area contributed by atoms with Crippen molar-refractivity contribution in [2.45, 2.75) is 44.1 Å². The number of pyridine rings is 1. The van der Waals surface area contributed by atoms with E-state index in [1.54, 1.807) is 33.9 Å². The number of ether oxygens (including phenoxy) is 1. The molecule has 1 N–H and O–H groups in total. The number of carbonyl (C=O) groups is 2. The standard InChI is InChI=1S/C28H28N6O3/c35-27(22-7-4-12-29-16-22)32-25-15-24(31-26-23(20-8-9-20)17-30-34(25)26)21-10-13-33(14-11-21)28(36)37-18-19-5-2-1-3-6-19/h1-7,12,15-17,20-21H,8-11,13-14,18H2,(H,32,35). The minimum atomic E-state index is -0.290. The third-order valence-corrected chi connectivity index (χ3v) is 7.08. The van der Waals surface area contributed by atoms with E-state index < -0.39 is 0 Å². The Balaban J connectivity index is 1.19. The average molecular weight is 497 g/mol. The SMILES string of the molecule is O=C(Nc1cc(C2CCN(C(=O)OCc3ccccc3)CC2)nc2c(C3CC3)cnn12)c1cccnc1. The van der Waals surface area contributed by atoms with E-state index in [-0.39, 0.29) is 24.5 Å². The van der Waals surface area contributed by atoms with Crippen molar-refractivity contribution in [3.05, 3.63) is 89.5 Å². The quantitative estimate of drug-likeness (QED) is 0.413. The van der Waals surface area contributed by atoms with Crippen LogP contribution in [0, 0.1) is 0 Å². The number of amides is 2. The summed E-state index contributed by atoms with van der Waals surface area (Å²) in [6.07, 6.45) is 8.57. The molecule has 9 nitrogen and oxygen atoms in total. The number of carbonyl (C=O) groups excluding carboxylic acids is 2. The highest BCUT2D eigenvalue weighted by molar-refractivity contribution is 6.03. The van der Waals surface area contributed by atoms with Gasteiger partial charge in [0.15, 0.2) is 5.65 Å². The molecule has 6 rings (SSSR count). The zero-order valence-electron chi connectivity index (χ0n) is 20.4. The number of hydrogen-bond donors (Lipinski definition) is 1. The lowest BCUT2D eigenvalue weighted by atomic mass is 9.93. The Morgan fingerprint density at radius 2 is 1.78 bits per heavy atom. The number of nitrogens with zero attached hydrogens (tertiary/aromatic N) is 5. The molecule has 4 aromatic rings. The minimum absolute atomic E-state index is 0.166. The average Bonchev–Trinajstić information content (AvgIpc) is 3.71. The summed E-state index contributed by atoms with van der Waals surface area (Å²) in [6, 6.07) is 15.1. The molecule has 0 spiro atoms. The van der Waals surface area contributed by atoms with E-state index in [1.165, 1.54) is 0 Å². The van der Waals surface area contributed by atoms with E-state index in [0.717, 1.165) is 48.2 Å². The Bertz CT molecular complexity index is 1410. The number of rotatable bonds is 6. The monoisotopic (exact) mass is 496 g/mol. The van der Waals surface area contributed by atoms with Gasteiger partial charge in [-0.15, -0.1) is 0 Å². The van der Waals surface area contributed by atoms with Crippen LogP contribution in [0.5, 0.6) is 0 Å². The lowest BCUT2D eigenvalue weighted by molar-refractivity contribution is 0.0868. The maximum Gasteiger partial charge on any atom is 0.410 e. The minimum Gasteiger partial charge on any atom is -0.445 e. The molecule has 4 heterocycles. The molecule has 2 fully saturated rings. The van der Waals surface area contributed by atoms with Gasteiger partial charge >= 0.3 is 6.09 Å². The summed E-state index contributed by atoms with van der Waals surface area (Å²) >= 11 is 0. The van der Waals surface area contributed by atoms with Crippen LogP contribution in [0.15, 0.2) is 67.1 Å². The van der Waals surface area contributed by atoms with Gasteiger partial charge in [-0.25, -0.2) is 9.78 Å². The zero-order valence-corrected chi connectivity index (χ0v) is 20.4. The molecule has 2 aliphatic rings. The lowest BCUT2D eigenvalue weighted by Gasteiger charge is -2.31. The van der Waals surface area contributed by atoms with Crippen LogP contribution in [0.25, 0.3) is 5.65 Å². The molecule has 188 valence electrons. The molecule has 2 amide bonds. The number of hydrogen-bond acceptors (Lipinski definition) is 6. The predicted molar refractivity (Wildman–Crippen MR) is 137 cm³/mol. The number of likely N-dealkylation sites (tertiary alicyclic amines) is 1. The molecule has 37 heavy (non-hydrogen) atoms. The second kappa shape index (κ2) is 10.0. The molecule has 3 aromatic heterocycles. The Labute approximate surface area is 214 Å². The van der Waals surface area contributed by atoms with E-state index in [1.807, 2.05) is 42.6 Å². The fraction of sp³-hybridized carbons (Fsp3) is 0.321. The zero-order chi connectivity index (χ0) is 25.2. The van der Waals surface area contributed by atoms with Gasteiger partial charge in [-0.05, 0) is 49.3 Å². The molecule has 0 bridgehead atoms. The first-order valence-corrected chi connectivity index (χ1v) is 12.7. The summed E-state index contributed by atoms with van der Waals surface area (Å²) in [7, 11) is 0. The van der Waals surface area contributed by atoms with Crippen molar-refractivity contribution in [2.24, 2.45) is 0 Å². The van der Waals surface area contributed by atoms with Crippen LogP contribution >= 0.6 is 0 Å². The molecule has 1 aliphatic heterocycles. The summed E-state index contributed by atoms with van der Waals surface area (Å²) in [6.45, 7) is 1.46. The molecular weight excluding hydrogens is 468 g/mol. The Kier molecular flexibility index (Phi) is 6.26. The summed E-state index contributed by atoms with van der Waals surface area (Å²) in [5, 5.41) is 7.56. The van der Waals surface area contributed by atoms with E-state index >= 15 is 0 Å². The summed E-state index contributed by atoms with van der Waals surface area (Å²) in [4.78, 5) is 36.3. The van der Waals surface area contributed by atoms with Gasteiger partial charge in [0.2, 0.25) is 0 Å². The van der Waals surface area contributed by atoms with Crippen LogP contribution in [0.3, 0.4) is 0 Å². The highest BCUT2D eigenvalue weighted by Crippen LogP contribution is 2.42. The highest BCUT2D eigenvalue weighted by atomic mass is 16.6. The lowest BCUT2D eigenvalue weighted by Crippen LogP contribution is -2.38. The van der Waals surface area contributed by atoms with Crippen LogP contribution in [0.1, 0.15) is 64.7 Å². The molecule has 1 aromatic carbocycles. The molecule has 0 unspecified atom stereocenters. The topological polar surface area (TPSA) is 102 Å². The highest BCUT2D eigenvalue weighted by Gasteiger charge is 2.30. The smallest absolute Gasteiger partial charge is 0.410 e. The van der Waals surface area contributed by atoms with Gasteiger partial charge in [-0.2, -0.15) is 9.61 Å². The molecule has 9 heteroatoms. The number of aromatic nitrogens is 4. The van der Waals surface area contributed by atoms with E-state index in [4.69, 9.17) is 9.72 Å². The Morgan fingerprint density at radius 1 is 0.973 bits per heavy atom. The number of nitrogens with one attached hydrogen (secondary N) is 1. The number of fused-ring (bicyclic) bond motifs is 1. The van der Waals surface area contributed by atoms with Crippen LogP contribution in [-0.4, -0.2) is 49.6 Å². The van der Waals surface area contributed by atoms with Gasteiger partial charge < -0.3 is 15.0 Å². The van der Waals surface area contributed by atoms with Gasteiger partial charge in [-0.1, -0.05) is 30.3 Å². The third kappa shape index (κ3) is 5.02. The largest absolute Gasteiger partial charge is 0.445 e. The first-order chi connectivity index (χ1) is 18.2. The Morgan fingerprint density at radius 3 is 2.51 bits per heavy atom. The van der Waals surface area contributed by atoms with E-state index in [9.17, 15) is 9.59 Å². The second-order valence-corrected chi connectivity index (χ2v) is 9.67. The predicted octanol–water partition coefficient (Wildman–Crippen LogP) is 4.77. The van der Waals surface area contributed by atoms with Crippen molar-refractivity contribution in [2.75, 3.05) is 18.4 Å². The van der Waals surface area contributed by atoms with Crippen molar-refractivity contribution in [3.8, 4) is 0 Å². The van der Waals surface area contributed by atoms with E-state index in [0.29, 0.717) is 30.4 Å². The van der Waals surface area contributed by atoms with Gasteiger partial charge in [-0.3, -0.25) is 9.78 Å². The van der Waals surface area contributed by atoms with Crippen molar-refractivity contribution in [1.82, 2.24) is 24.5 Å². The molecule has 0 radical (unpaired) electrons. The van der Waals surface area contributed by atoms with Crippen molar-refractivity contribution in [1.29, 1.82) is 0 Å². The van der Waals surface area contributed by atoms with Crippen LogP contribution in [0.4, 0.5) is 10.6 Å². The van der Waals surface area contributed by atoms with Gasteiger partial charge in [0, 0.05) is 48.7 Å². The van der Waals surface area contributed by atoms with Gasteiger partial charge in [0.25, 0.3) is 5.91 Å². The van der Waals surface area contributed by atoms with Crippen molar-refractivity contribution >= 4 is 23.5 Å². The maximum absolute atomic E-state index is 12.9. The molecule has 0 atom stereocenters. The fourth-order valence-corrected chi connectivity index (χ4v) is 4.83. The third-order valence-electron chi connectivity index (χ3n) is 7.08. The second-order valence-electron chi connectivity index (χ2n) is 9.67. The summed E-state index contributed by atoms with van der Waals surface area (Å²) < 4.78 is 7.24. The fourth-order valence-electron chi connectivity index (χ4n) is 4.83. The number of anilines is 1. The van der Waals surface area contributed by atoms with E-state index in [2.05, 4.69) is 15.4 Å². The molecule has 1 saturated heterocycles. The number of piperidine rings is 1.